The summed E-state index contributed by atoms with van der Waals surface area (Å²) in [5.74, 6) is 1.06. The molecule has 0 radical (unpaired) electrons. The number of hydrogen-bond acceptors (Lipinski definition) is 4. The number of rotatable bonds is 11. The lowest BCUT2D eigenvalue weighted by Crippen LogP contribution is -2.29. The largest absolute Gasteiger partial charge is 0.300 e. The molecule has 204 valence electrons. The van der Waals surface area contributed by atoms with Gasteiger partial charge in [-0.3, -0.25) is 14.4 Å². The summed E-state index contributed by atoms with van der Waals surface area (Å²) in [6.45, 7) is 17.6. The minimum absolute atomic E-state index is 0.0453. The van der Waals surface area contributed by atoms with Gasteiger partial charge >= 0.3 is 0 Å². The molecule has 0 spiro atoms. The molecule has 0 saturated carbocycles. The van der Waals surface area contributed by atoms with Crippen molar-refractivity contribution in [2.24, 2.45) is 17.8 Å². The molecule has 1 aliphatic rings. The zero-order chi connectivity index (χ0) is 27.8. The second kappa shape index (κ2) is 18.2. The average molecular weight is 501 g/mol. The Morgan fingerprint density at radius 3 is 1.97 bits per heavy atom. The summed E-state index contributed by atoms with van der Waals surface area (Å²) in [5.41, 5.74) is 4.38. The van der Waals surface area contributed by atoms with Gasteiger partial charge < -0.3 is 4.79 Å². The van der Waals surface area contributed by atoms with E-state index in [-0.39, 0.29) is 41.4 Å². The molecule has 0 fully saturated rings. The number of hydrogen-bond donors (Lipinski definition) is 0. The minimum Gasteiger partial charge on any atom is -0.300 e. The lowest BCUT2D eigenvalue weighted by atomic mass is 9.72. The number of Topliss-reactive ketones (excluding diaryl/α,β-unsaturated/α-hetero) is 4. The van der Waals surface area contributed by atoms with E-state index in [1.807, 2.05) is 20.8 Å². The van der Waals surface area contributed by atoms with Crippen LogP contribution in [-0.4, -0.2) is 23.1 Å². The van der Waals surface area contributed by atoms with Gasteiger partial charge in [0.15, 0.2) is 5.78 Å². The second-order valence-corrected chi connectivity index (χ2v) is 10.5. The molecule has 3 atom stereocenters. The van der Waals surface area contributed by atoms with Crippen LogP contribution in [0, 0.1) is 31.6 Å². The van der Waals surface area contributed by atoms with Crippen LogP contribution in [0.3, 0.4) is 0 Å². The molecule has 0 aromatic heterocycles. The van der Waals surface area contributed by atoms with Gasteiger partial charge in [0.1, 0.15) is 17.3 Å². The van der Waals surface area contributed by atoms with Crippen molar-refractivity contribution in [2.45, 2.75) is 127 Å². The van der Waals surface area contributed by atoms with E-state index in [2.05, 4.69) is 39.8 Å². The summed E-state index contributed by atoms with van der Waals surface area (Å²) in [6.07, 6.45) is 8.17. The van der Waals surface area contributed by atoms with Crippen LogP contribution in [0.15, 0.2) is 12.1 Å². The van der Waals surface area contributed by atoms with Gasteiger partial charge in [-0.1, -0.05) is 66.0 Å². The predicted molar refractivity (Wildman–Crippen MR) is 151 cm³/mol. The van der Waals surface area contributed by atoms with Gasteiger partial charge in [0, 0.05) is 24.3 Å². The first-order valence-corrected chi connectivity index (χ1v) is 14.1. The zero-order valence-corrected chi connectivity index (χ0v) is 24.6. The third-order valence-electron chi connectivity index (χ3n) is 6.83. The topological polar surface area (TPSA) is 68.3 Å². The van der Waals surface area contributed by atoms with Crippen LogP contribution < -0.4 is 0 Å². The molecule has 4 nitrogen and oxygen atoms in total. The van der Waals surface area contributed by atoms with E-state index in [1.165, 1.54) is 18.9 Å². The molecule has 0 N–H and O–H groups in total. The van der Waals surface area contributed by atoms with Crippen molar-refractivity contribution < 1.29 is 19.2 Å². The third kappa shape index (κ3) is 11.8. The molecule has 0 aliphatic heterocycles. The number of aryl methyl sites for hydroxylation is 1. The van der Waals surface area contributed by atoms with E-state index in [0.717, 1.165) is 61.6 Å². The molecule has 0 bridgehead atoms. The highest BCUT2D eigenvalue weighted by molar-refractivity contribution is 6.00. The summed E-state index contributed by atoms with van der Waals surface area (Å²) in [5, 5.41) is 0. The Morgan fingerprint density at radius 1 is 0.917 bits per heavy atom. The van der Waals surface area contributed by atoms with Gasteiger partial charge in [-0.15, -0.1) is 0 Å². The maximum atomic E-state index is 12.8. The highest BCUT2D eigenvalue weighted by Crippen LogP contribution is 2.36. The van der Waals surface area contributed by atoms with E-state index in [4.69, 9.17) is 0 Å². The first kappa shape index (κ1) is 33.9. The summed E-state index contributed by atoms with van der Waals surface area (Å²) in [4.78, 5) is 46.9. The van der Waals surface area contributed by atoms with Gasteiger partial charge in [-0.2, -0.15) is 0 Å². The average Bonchev–Trinajstić information content (AvgIpc) is 2.77. The summed E-state index contributed by atoms with van der Waals surface area (Å²) in [6, 6.07) is 4.22. The van der Waals surface area contributed by atoms with Crippen LogP contribution in [0.2, 0.25) is 0 Å². The Bertz CT molecular complexity index is 852. The first-order valence-electron chi connectivity index (χ1n) is 14.1. The van der Waals surface area contributed by atoms with Gasteiger partial charge in [0.05, 0.1) is 6.42 Å². The van der Waals surface area contributed by atoms with E-state index in [1.54, 1.807) is 6.92 Å². The van der Waals surface area contributed by atoms with Crippen LogP contribution in [0.25, 0.3) is 0 Å². The normalized spacial score (nSPS) is 15.9. The van der Waals surface area contributed by atoms with Gasteiger partial charge in [-0.25, -0.2) is 0 Å². The van der Waals surface area contributed by atoms with E-state index < -0.39 is 0 Å². The summed E-state index contributed by atoms with van der Waals surface area (Å²) < 4.78 is 0. The number of carbonyl (C=O) groups is 4. The fraction of sp³-hybridized carbons (Fsp3) is 0.688. The molecule has 1 aromatic rings. The van der Waals surface area contributed by atoms with Gasteiger partial charge in [0.2, 0.25) is 0 Å². The summed E-state index contributed by atoms with van der Waals surface area (Å²) in [7, 11) is 0. The van der Waals surface area contributed by atoms with Crippen LogP contribution in [-0.2, 0) is 20.8 Å². The minimum atomic E-state index is -0.0647. The molecular formula is C32H52O4. The lowest BCUT2D eigenvalue weighted by Gasteiger charge is -2.32. The molecule has 1 aromatic carbocycles. The monoisotopic (exact) mass is 500 g/mol. The van der Waals surface area contributed by atoms with Crippen molar-refractivity contribution in [2.75, 3.05) is 0 Å². The predicted octanol–water partition coefficient (Wildman–Crippen LogP) is 8.22. The number of carbonyl (C=O) groups excluding carboxylic acids is 4. The maximum Gasteiger partial charge on any atom is 0.163 e. The molecule has 1 aliphatic carbocycles. The Labute approximate surface area is 221 Å². The number of fused-ring (bicyclic) bond motifs is 1. The standard InChI is InChI=1S/C24H34O3.C5H10O.C3H8/c1-6-8-19(21(7-2)22(26)11-16(4)25)12-18-13-20-10-9-15(3)17(5)24(20)23(27)14-18;1-3-4-5(2)6;1-3-2/h9-10,18-19,21H,6-8,11-14H2,1-5H3;3-4H2,1-2H3;3H2,1-2H3. The molecular weight excluding hydrogens is 448 g/mol. The maximum absolute atomic E-state index is 12.8. The smallest absolute Gasteiger partial charge is 0.163 e. The fourth-order valence-electron chi connectivity index (χ4n) is 5.18. The van der Waals surface area contributed by atoms with Crippen LogP contribution in [0.1, 0.15) is 133 Å². The summed E-state index contributed by atoms with van der Waals surface area (Å²) >= 11 is 0. The first-order chi connectivity index (χ1) is 17.0. The van der Waals surface area contributed by atoms with E-state index in [0.29, 0.717) is 12.3 Å². The Kier molecular flexibility index (Phi) is 17.1. The third-order valence-corrected chi connectivity index (χ3v) is 6.83. The van der Waals surface area contributed by atoms with Crippen LogP contribution in [0.4, 0.5) is 0 Å². The molecule has 4 heteroatoms. The lowest BCUT2D eigenvalue weighted by molar-refractivity contribution is -0.130. The Balaban J connectivity index is 0.00000117. The highest BCUT2D eigenvalue weighted by Gasteiger charge is 2.33. The number of benzene rings is 1. The molecule has 2 rings (SSSR count). The van der Waals surface area contributed by atoms with Crippen molar-refractivity contribution in [3.63, 3.8) is 0 Å². The van der Waals surface area contributed by atoms with Gasteiger partial charge in [0.25, 0.3) is 0 Å². The quantitative estimate of drug-likeness (QED) is 0.287. The van der Waals surface area contributed by atoms with Gasteiger partial charge in [-0.05, 0) is 81.9 Å². The van der Waals surface area contributed by atoms with Crippen molar-refractivity contribution in [3.8, 4) is 0 Å². The molecule has 36 heavy (non-hydrogen) atoms. The number of ketones is 4. The molecule has 0 heterocycles. The second-order valence-electron chi connectivity index (χ2n) is 10.5. The van der Waals surface area contributed by atoms with Crippen molar-refractivity contribution >= 4 is 23.1 Å². The molecule has 3 unspecified atom stereocenters. The Morgan fingerprint density at radius 2 is 1.53 bits per heavy atom. The van der Waals surface area contributed by atoms with E-state index in [9.17, 15) is 19.2 Å². The Hall–Kier alpha value is -2.10. The molecule has 0 saturated heterocycles. The van der Waals surface area contributed by atoms with Crippen molar-refractivity contribution in [1.29, 1.82) is 0 Å². The molecule has 0 amide bonds. The van der Waals surface area contributed by atoms with E-state index >= 15 is 0 Å². The van der Waals surface area contributed by atoms with Crippen LogP contribution in [0.5, 0.6) is 0 Å². The van der Waals surface area contributed by atoms with Crippen LogP contribution >= 0.6 is 0 Å². The fourth-order valence-corrected chi connectivity index (χ4v) is 5.18. The zero-order valence-electron chi connectivity index (χ0n) is 24.6. The van der Waals surface area contributed by atoms with Crippen molar-refractivity contribution in [3.05, 3.63) is 34.4 Å². The highest BCUT2D eigenvalue weighted by atomic mass is 16.1. The van der Waals surface area contributed by atoms with Crippen molar-refractivity contribution in [1.82, 2.24) is 0 Å². The SMILES string of the molecule is CCC.CCCC(C)=O.CCCC(CC1CC(=O)c2c(ccc(C)c2C)C1)C(CC)C(=O)CC(C)=O.